The van der Waals surface area contributed by atoms with Gasteiger partial charge in [-0.05, 0) is 12.5 Å². The predicted octanol–water partition coefficient (Wildman–Crippen LogP) is 1.09. The van der Waals surface area contributed by atoms with Crippen molar-refractivity contribution in [1.29, 1.82) is 0 Å². The molecule has 0 aliphatic heterocycles. The van der Waals surface area contributed by atoms with E-state index in [2.05, 4.69) is 40.9 Å². The second-order valence-corrected chi connectivity index (χ2v) is 3.90. The first-order chi connectivity index (χ1) is 6.74. The third-order valence-corrected chi connectivity index (χ3v) is 2.03. The zero-order valence-corrected chi connectivity index (χ0v) is 9.32. The van der Waals surface area contributed by atoms with E-state index >= 15 is 0 Å². The highest BCUT2D eigenvalue weighted by molar-refractivity contribution is 4.86. The van der Waals surface area contributed by atoms with Crippen molar-refractivity contribution < 1.29 is 0 Å². The molecule has 1 aromatic rings. The molecule has 0 aromatic carbocycles. The lowest BCUT2D eigenvalue weighted by Gasteiger charge is -2.08. The van der Waals surface area contributed by atoms with Crippen LogP contribution in [0.1, 0.15) is 26.6 Å². The lowest BCUT2D eigenvalue weighted by molar-refractivity contribution is 0.503. The van der Waals surface area contributed by atoms with Crippen molar-refractivity contribution in [2.45, 2.75) is 33.7 Å². The van der Waals surface area contributed by atoms with Crippen molar-refractivity contribution in [1.82, 2.24) is 20.1 Å². The van der Waals surface area contributed by atoms with Gasteiger partial charge in [0.1, 0.15) is 12.2 Å². The summed E-state index contributed by atoms with van der Waals surface area (Å²) in [5, 5.41) is 11.3. The molecule has 1 rings (SSSR count). The van der Waals surface area contributed by atoms with Gasteiger partial charge in [-0.3, -0.25) is 0 Å². The van der Waals surface area contributed by atoms with Crippen molar-refractivity contribution in [2.75, 3.05) is 13.1 Å². The average molecular weight is 196 g/mol. The molecule has 1 N–H and O–H groups in total. The van der Waals surface area contributed by atoms with Gasteiger partial charge >= 0.3 is 0 Å². The minimum absolute atomic E-state index is 0.642. The van der Waals surface area contributed by atoms with E-state index in [0.29, 0.717) is 5.92 Å². The molecular formula is C10H20N4. The van der Waals surface area contributed by atoms with Crippen molar-refractivity contribution >= 4 is 0 Å². The summed E-state index contributed by atoms with van der Waals surface area (Å²) in [5.74, 6) is 1.73. The highest BCUT2D eigenvalue weighted by atomic mass is 15.3. The molecule has 0 bridgehead atoms. The lowest BCUT2D eigenvalue weighted by atomic mass is 10.2. The Morgan fingerprint density at radius 1 is 1.50 bits per heavy atom. The Morgan fingerprint density at radius 3 is 2.93 bits per heavy atom. The van der Waals surface area contributed by atoms with Crippen LogP contribution in [-0.4, -0.2) is 27.9 Å². The van der Waals surface area contributed by atoms with Crippen LogP contribution < -0.4 is 5.32 Å². The molecule has 1 heterocycles. The van der Waals surface area contributed by atoms with Crippen molar-refractivity contribution in [3.8, 4) is 0 Å². The number of nitrogens with one attached hydrogen (secondary N) is 1. The normalized spacial score (nSPS) is 11.1. The summed E-state index contributed by atoms with van der Waals surface area (Å²) in [6, 6.07) is 0. The van der Waals surface area contributed by atoms with E-state index in [-0.39, 0.29) is 0 Å². The molecule has 0 atom stereocenters. The van der Waals surface area contributed by atoms with Crippen LogP contribution in [0.4, 0.5) is 0 Å². The van der Waals surface area contributed by atoms with Crippen molar-refractivity contribution in [3.05, 3.63) is 12.2 Å². The van der Waals surface area contributed by atoms with Gasteiger partial charge in [-0.25, -0.2) is 0 Å². The Balaban J connectivity index is 2.45. The van der Waals surface area contributed by atoms with Gasteiger partial charge < -0.3 is 9.88 Å². The highest BCUT2D eigenvalue weighted by Gasteiger charge is 2.04. The average Bonchev–Trinajstić information content (AvgIpc) is 2.52. The second kappa shape index (κ2) is 5.75. The fourth-order valence-electron chi connectivity index (χ4n) is 1.40. The standard InChI is InChI=1S/C10H20N4/c1-4-11-6-5-10-13-12-8-14(10)7-9(2)3/h8-9,11H,4-7H2,1-3H3. The van der Waals surface area contributed by atoms with E-state index in [1.54, 1.807) is 0 Å². The van der Waals surface area contributed by atoms with Gasteiger partial charge in [0.15, 0.2) is 0 Å². The van der Waals surface area contributed by atoms with E-state index in [4.69, 9.17) is 0 Å². The Hall–Kier alpha value is -0.900. The minimum Gasteiger partial charge on any atom is -0.317 e. The van der Waals surface area contributed by atoms with E-state index in [9.17, 15) is 0 Å². The fourth-order valence-corrected chi connectivity index (χ4v) is 1.40. The number of hydrogen-bond acceptors (Lipinski definition) is 3. The Bertz CT molecular complexity index is 254. The number of rotatable bonds is 6. The molecule has 1 aromatic heterocycles. The Labute approximate surface area is 85.7 Å². The molecule has 0 radical (unpaired) electrons. The van der Waals surface area contributed by atoms with Gasteiger partial charge in [-0.2, -0.15) is 0 Å². The third-order valence-electron chi connectivity index (χ3n) is 2.03. The molecule has 4 nitrogen and oxygen atoms in total. The summed E-state index contributed by atoms with van der Waals surface area (Å²) in [7, 11) is 0. The molecule has 0 saturated carbocycles. The van der Waals surface area contributed by atoms with E-state index < -0.39 is 0 Å². The maximum atomic E-state index is 4.11. The van der Waals surface area contributed by atoms with Crippen LogP contribution in [0.2, 0.25) is 0 Å². The van der Waals surface area contributed by atoms with Crippen molar-refractivity contribution in [2.24, 2.45) is 5.92 Å². The molecule has 0 spiro atoms. The fraction of sp³-hybridized carbons (Fsp3) is 0.800. The topological polar surface area (TPSA) is 42.7 Å². The van der Waals surface area contributed by atoms with E-state index in [1.807, 2.05) is 6.33 Å². The molecule has 0 unspecified atom stereocenters. The van der Waals surface area contributed by atoms with Gasteiger partial charge in [-0.15, -0.1) is 10.2 Å². The molecular weight excluding hydrogens is 176 g/mol. The zero-order chi connectivity index (χ0) is 10.4. The Morgan fingerprint density at radius 2 is 2.29 bits per heavy atom. The third kappa shape index (κ3) is 3.46. The molecule has 14 heavy (non-hydrogen) atoms. The Kier molecular flexibility index (Phi) is 4.59. The summed E-state index contributed by atoms with van der Waals surface area (Å²) < 4.78 is 2.14. The maximum absolute atomic E-state index is 4.11. The van der Waals surface area contributed by atoms with Gasteiger partial charge in [0, 0.05) is 19.5 Å². The van der Waals surface area contributed by atoms with Crippen LogP contribution in [0.15, 0.2) is 6.33 Å². The predicted molar refractivity (Wildman–Crippen MR) is 57.1 cm³/mol. The number of nitrogens with zero attached hydrogens (tertiary/aromatic N) is 3. The van der Waals surface area contributed by atoms with E-state index in [1.165, 1.54) is 0 Å². The molecule has 0 amide bonds. The highest BCUT2D eigenvalue weighted by Crippen LogP contribution is 2.02. The number of aromatic nitrogens is 3. The quantitative estimate of drug-likeness (QED) is 0.692. The summed E-state index contributed by atoms with van der Waals surface area (Å²) in [6.07, 6.45) is 2.78. The van der Waals surface area contributed by atoms with Crippen LogP contribution in [-0.2, 0) is 13.0 Å². The number of likely N-dealkylation sites (N-methyl/N-ethyl adjacent to an activating group) is 1. The lowest BCUT2D eigenvalue weighted by Crippen LogP contribution is -2.18. The van der Waals surface area contributed by atoms with Gasteiger partial charge in [-0.1, -0.05) is 20.8 Å². The zero-order valence-electron chi connectivity index (χ0n) is 9.32. The second-order valence-electron chi connectivity index (χ2n) is 3.90. The molecule has 0 fully saturated rings. The SMILES string of the molecule is CCNCCc1nncn1CC(C)C. The minimum atomic E-state index is 0.642. The smallest absolute Gasteiger partial charge is 0.134 e. The molecule has 0 aliphatic rings. The summed E-state index contributed by atoms with van der Waals surface area (Å²) in [6.45, 7) is 9.51. The van der Waals surface area contributed by atoms with E-state index in [0.717, 1.165) is 31.9 Å². The number of hydrogen-bond donors (Lipinski definition) is 1. The van der Waals surface area contributed by atoms with Gasteiger partial charge in [0.05, 0.1) is 0 Å². The van der Waals surface area contributed by atoms with Gasteiger partial charge in [0.25, 0.3) is 0 Å². The van der Waals surface area contributed by atoms with Crippen LogP contribution in [0.3, 0.4) is 0 Å². The van der Waals surface area contributed by atoms with Crippen LogP contribution >= 0.6 is 0 Å². The molecule has 0 saturated heterocycles. The molecule has 80 valence electrons. The van der Waals surface area contributed by atoms with Crippen LogP contribution in [0, 0.1) is 5.92 Å². The van der Waals surface area contributed by atoms with Crippen LogP contribution in [0.5, 0.6) is 0 Å². The summed E-state index contributed by atoms with van der Waals surface area (Å²) in [4.78, 5) is 0. The summed E-state index contributed by atoms with van der Waals surface area (Å²) in [5.41, 5.74) is 0. The first-order valence-electron chi connectivity index (χ1n) is 5.31. The largest absolute Gasteiger partial charge is 0.317 e. The van der Waals surface area contributed by atoms with Crippen LogP contribution in [0.25, 0.3) is 0 Å². The van der Waals surface area contributed by atoms with Gasteiger partial charge in [0.2, 0.25) is 0 Å². The summed E-state index contributed by atoms with van der Waals surface area (Å²) >= 11 is 0. The molecule has 4 heteroatoms. The van der Waals surface area contributed by atoms with Crippen molar-refractivity contribution in [3.63, 3.8) is 0 Å². The molecule has 0 aliphatic carbocycles. The first-order valence-corrected chi connectivity index (χ1v) is 5.31. The maximum Gasteiger partial charge on any atom is 0.134 e. The first kappa shape index (κ1) is 11.2. The monoisotopic (exact) mass is 196 g/mol.